The Bertz CT molecular complexity index is 448. The average molecular weight is 269 g/mol. The zero-order valence-corrected chi connectivity index (χ0v) is 11.3. The molecule has 0 atom stereocenters. The Labute approximate surface area is 111 Å². The van der Waals surface area contributed by atoms with Crippen molar-refractivity contribution < 1.29 is 10.0 Å². The summed E-state index contributed by atoms with van der Waals surface area (Å²) in [5.74, 6) is 0.240. The van der Waals surface area contributed by atoms with Crippen molar-refractivity contribution in [2.75, 3.05) is 24.2 Å². The van der Waals surface area contributed by atoms with Crippen LogP contribution < -0.4 is 10.6 Å². The molecule has 0 saturated carbocycles. The van der Waals surface area contributed by atoms with Crippen LogP contribution in [0.3, 0.4) is 0 Å². The molecule has 0 amide bonds. The van der Waals surface area contributed by atoms with Crippen LogP contribution in [-0.2, 0) is 0 Å². The summed E-state index contributed by atoms with van der Waals surface area (Å²) in [7, 11) is 1.55. The summed E-state index contributed by atoms with van der Waals surface area (Å²) >= 11 is 0. The van der Waals surface area contributed by atoms with Gasteiger partial charge >= 0.3 is 5.69 Å². The van der Waals surface area contributed by atoms with Crippen LogP contribution in [-0.4, -0.2) is 39.2 Å². The average Bonchev–Trinajstić information content (AvgIpc) is 2.43. The van der Waals surface area contributed by atoms with Gasteiger partial charge in [-0.05, 0) is 12.8 Å². The predicted molar refractivity (Wildman–Crippen MR) is 72.3 cm³/mol. The zero-order valence-electron chi connectivity index (χ0n) is 11.3. The van der Waals surface area contributed by atoms with Gasteiger partial charge in [0.1, 0.15) is 6.33 Å². The number of nitrogens with zero attached hydrogens (tertiary/aromatic N) is 3. The molecule has 0 radical (unpaired) electrons. The number of hydrogen-bond donors (Lipinski definition) is 3. The Hall–Kier alpha value is -1.96. The van der Waals surface area contributed by atoms with Crippen molar-refractivity contribution in [2.45, 2.75) is 32.3 Å². The highest BCUT2D eigenvalue weighted by Crippen LogP contribution is 2.29. The third-order valence-corrected chi connectivity index (χ3v) is 3.14. The maximum absolute atomic E-state index is 11.0. The van der Waals surface area contributed by atoms with Gasteiger partial charge in [-0.15, -0.1) is 0 Å². The first-order valence-electron chi connectivity index (χ1n) is 6.10. The van der Waals surface area contributed by atoms with E-state index in [4.69, 9.17) is 0 Å². The van der Waals surface area contributed by atoms with Crippen molar-refractivity contribution in [1.29, 1.82) is 0 Å². The summed E-state index contributed by atoms with van der Waals surface area (Å²) in [4.78, 5) is 18.2. The number of nitro groups is 1. The third-order valence-electron chi connectivity index (χ3n) is 3.14. The highest BCUT2D eigenvalue weighted by Gasteiger charge is 2.26. The molecule has 0 unspecified atom stereocenters. The lowest BCUT2D eigenvalue weighted by Gasteiger charge is -2.25. The van der Waals surface area contributed by atoms with E-state index in [9.17, 15) is 15.2 Å². The minimum atomic E-state index is -0.904. The smallest absolute Gasteiger partial charge is 0.353 e. The van der Waals surface area contributed by atoms with Crippen LogP contribution in [0.5, 0.6) is 0 Å². The first kappa shape index (κ1) is 15.1. The summed E-state index contributed by atoms with van der Waals surface area (Å²) in [6, 6.07) is 0. The maximum Gasteiger partial charge on any atom is 0.353 e. The Morgan fingerprint density at radius 2 is 1.95 bits per heavy atom. The number of aromatic nitrogens is 2. The molecule has 0 fully saturated rings. The SMILES string of the molecule is CCC(O)(CC)CNc1ncnc(NC)c1[N+](=O)[O-]. The summed E-state index contributed by atoms with van der Waals surface area (Å²) in [6.07, 6.45) is 2.33. The van der Waals surface area contributed by atoms with E-state index in [1.807, 2.05) is 13.8 Å². The largest absolute Gasteiger partial charge is 0.388 e. The van der Waals surface area contributed by atoms with Crippen LogP contribution in [0.15, 0.2) is 6.33 Å². The van der Waals surface area contributed by atoms with Crippen molar-refractivity contribution >= 4 is 17.3 Å². The quantitative estimate of drug-likeness (QED) is 0.506. The van der Waals surface area contributed by atoms with E-state index in [1.54, 1.807) is 7.05 Å². The number of anilines is 2. The second-order valence-corrected chi connectivity index (χ2v) is 4.21. The molecule has 19 heavy (non-hydrogen) atoms. The van der Waals surface area contributed by atoms with Crippen LogP contribution in [0.2, 0.25) is 0 Å². The Morgan fingerprint density at radius 1 is 1.37 bits per heavy atom. The van der Waals surface area contributed by atoms with Gasteiger partial charge in [-0.1, -0.05) is 13.8 Å². The molecule has 1 aromatic heterocycles. The fourth-order valence-corrected chi connectivity index (χ4v) is 1.61. The van der Waals surface area contributed by atoms with Crippen molar-refractivity contribution in [3.05, 3.63) is 16.4 Å². The van der Waals surface area contributed by atoms with Crippen molar-refractivity contribution in [1.82, 2.24) is 9.97 Å². The van der Waals surface area contributed by atoms with E-state index < -0.39 is 10.5 Å². The first-order valence-corrected chi connectivity index (χ1v) is 6.10. The van der Waals surface area contributed by atoms with E-state index in [0.717, 1.165) is 0 Å². The number of rotatable bonds is 7. The van der Waals surface area contributed by atoms with Crippen molar-refractivity contribution in [3.63, 3.8) is 0 Å². The van der Waals surface area contributed by atoms with Gasteiger partial charge in [0.05, 0.1) is 10.5 Å². The molecular weight excluding hydrogens is 250 g/mol. The second kappa shape index (κ2) is 6.28. The summed E-state index contributed by atoms with van der Waals surface area (Å²) in [6.45, 7) is 3.91. The second-order valence-electron chi connectivity index (χ2n) is 4.21. The van der Waals surface area contributed by atoms with Crippen molar-refractivity contribution in [3.8, 4) is 0 Å². The molecule has 1 rings (SSSR count). The molecule has 8 nitrogen and oxygen atoms in total. The van der Waals surface area contributed by atoms with E-state index >= 15 is 0 Å². The molecule has 8 heteroatoms. The van der Waals surface area contributed by atoms with E-state index in [1.165, 1.54) is 6.33 Å². The topological polar surface area (TPSA) is 113 Å². The highest BCUT2D eigenvalue weighted by atomic mass is 16.6. The molecule has 0 spiro atoms. The van der Waals surface area contributed by atoms with Gasteiger partial charge < -0.3 is 15.7 Å². The van der Waals surface area contributed by atoms with Crippen LogP contribution in [0.25, 0.3) is 0 Å². The molecule has 0 aromatic carbocycles. The monoisotopic (exact) mass is 269 g/mol. The molecule has 0 aliphatic rings. The molecular formula is C11H19N5O3. The Kier molecular flexibility index (Phi) is 4.99. The normalized spacial score (nSPS) is 11.2. The van der Waals surface area contributed by atoms with Crippen LogP contribution >= 0.6 is 0 Å². The summed E-state index contributed by atoms with van der Waals surface area (Å²) in [5, 5.41) is 26.7. The highest BCUT2D eigenvalue weighted by molar-refractivity contribution is 5.69. The molecule has 1 heterocycles. The standard InChI is InChI=1S/C11H19N5O3/c1-4-11(17,5-2)6-13-10-8(16(18)19)9(12-3)14-7-15-10/h7,17H,4-6H2,1-3H3,(H2,12,13,14,15). The molecule has 0 aliphatic carbocycles. The van der Waals surface area contributed by atoms with E-state index in [0.29, 0.717) is 12.8 Å². The van der Waals surface area contributed by atoms with Gasteiger partial charge in [-0.2, -0.15) is 0 Å². The van der Waals surface area contributed by atoms with Crippen molar-refractivity contribution in [2.24, 2.45) is 0 Å². The summed E-state index contributed by atoms with van der Waals surface area (Å²) < 4.78 is 0. The predicted octanol–water partition coefficient (Wildman–Crippen LogP) is 1.39. The molecule has 0 aliphatic heterocycles. The van der Waals surface area contributed by atoms with Crippen LogP contribution in [0, 0.1) is 10.1 Å². The minimum Gasteiger partial charge on any atom is -0.388 e. The maximum atomic E-state index is 11.0. The molecule has 0 saturated heterocycles. The van der Waals surface area contributed by atoms with Gasteiger partial charge in [-0.3, -0.25) is 10.1 Å². The fourth-order valence-electron chi connectivity index (χ4n) is 1.61. The van der Waals surface area contributed by atoms with Crippen LogP contribution in [0.1, 0.15) is 26.7 Å². The van der Waals surface area contributed by atoms with Gasteiger partial charge in [-0.25, -0.2) is 9.97 Å². The molecule has 106 valence electrons. The van der Waals surface area contributed by atoms with Crippen LogP contribution in [0.4, 0.5) is 17.3 Å². The molecule has 1 aromatic rings. The Balaban J connectivity index is 2.98. The minimum absolute atomic E-state index is 0.102. The van der Waals surface area contributed by atoms with E-state index in [-0.39, 0.29) is 23.9 Å². The van der Waals surface area contributed by atoms with Gasteiger partial charge in [0, 0.05) is 13.6 Å². The number of hydrogen-bond acceptors (Lipinski definition) is 7. The number of nitrogens with one attached hydrogen (secondary N) is 2. The first-order chi connectivity index (χ1) is 8.97. The lowest BCUT2D eigenvalue weighted by Crippen LogP contribution is -2.35. The Morgan fingerprint density at radius 3 is 2.42 bits per heavy atom. The number of aliphatic hydroxyl groups is 1. The van der Waals surface area contributed by atoms with Gasteiger partial charge in [0.15, 0.2) is 0 Å². The molecule has 3 N–H and O–H groups in total. The summed E-state index contributed by atoms with van der Waals surface area (Å²) in [5.41, 5.74) is -1.13. The lowest BCUT2D eigenvalue weighted by molar-refractivity contribution is -0.383. The fraction of sp³-hybridized carbons (Fsp3) is 0.636. The zero-order chi connectivity index (χ0) is 14.5. The molecule has 0 bridgehead atoms. The lowest BCUT2D eigenvalue weighted by atomic mass is 9.98. The van der Waals surface area contributed by atoms with E-state index in [2.05, 4.69) is 20.6 Å². The van der Waals surface area contributed by atoms with Gasteiger partial charge in [0.25, 0.3) is 0 Å². The van der Waals surface area contributed by atoms with Gasteiger partial charge in [0.2, 0.25) is 11.6 Å². The third kappa shape index (κ3) is 3.50.